The maximum atomic E-state index is 14.7. The molecular formula is C12H14FN3O4S. The predicted octanol–water partition coefficient (Wildman–Crippen LogP) is 0.0947. The monoisotopic (exact) mass is 315 g/mol. The van der Waals surface area contributed by atoms with Gasteiger partial charge in [-0.25, -0.2) is 13.4 Å². The number of phenols is 1. The maximum absolute atomic E-state index is 14.7. The van der Waals surface area contributed by atoms with Gasteiger partial charge in [-0.2, -0.15) is 8.42 Å². The molecule has 21 heavy (non-hydrogen) atoms. The highest BCUT2D eigenvalue weighted by atomic mass is 32.2. The lowest BCUT2D eigenvalue weighted by atomic mass is 10.00. The molecule has 0 spiro atoms. The van der Waals surface area contributed by atoms with Gasteiger partial charge in [0.1, 0.15) is 18.0 Å². The number of rotatable bonds is 1. The molecule has 0 bridgehead atoms. The van der Waals surface area contributed by atoms with Gasteiger partial charge >= 0.3 is 10.2 Å². The predicted molar refractivity (Wildman–Crippen MR) is 74.1 cm³/mol. The molecule has 2 aliphatic heterocycles. The lowest BCUT2D eigenvalue weighted by Crippen LogP contribution is -2.31. The summed E-state index contributed by atoms with van der Waals surface area (Å²) >= 11 is 0. The van der Waals surface area contributed by atoms with Crippen molar-refractivity contribution in [2.75, 3.05) is 29.3 Å². The van der Waals surface area contributed by atoms with Gasteiger partial charge in [-0.1, -0.05) is 0 Å². The molecule has 2 N–H and O–H groups in total. The number of nitrogens with one attached hydrogen (secondary N) is 1. The number of nitrogens with zero attached hydrogens (tertiary/aromatic N) is 2. The number of fused-ring (bicyclic) bond motifs is 1. The van der Waals surface area contributed by atoms with Gasteiger partial charge in [0.05, 0.1) is 0 Å². The molecule has 2 heterocycles. The van der Waals surface area contributed by atoms with Crippen LogP contribution in [0.4, 0.5) is 15.8 Å². The van der Waals surface area contributed by atoms with Gasteiger partial charge in [0, 0.05) is 30.9 Å². The minimum absolute atomic E-state index is 0.353. The first-order valence-electron chi connectivity index (χ1n) is 6.40. The van der Waals surface area contributed by atoms with Crippen LogP contribution in [0.15, 0.2) is 6.07 Å². The molecule has 7 nitrogen and oxygen atoms in total. The first kappa shape index (κ1) is 13.9. The molecule has 0 aliphatic carbocycles. The Bertz CT molecular complexity index is 735. The van der Waals surface area contributed by atoms with Crippen molar-refractivity contribution < 1.29 is 22.7 Å². The number of hydrogen-bond acceptors (Lipinski definition) is 5. The van der Waals surface area contributed by atoms with Crippen molar-refractivity contribution in [2.45, 2.75) is 12.8 Å². The van der Waals surface area contributed by atoms with Gasteiger partial charge < -0.3 is 10.0 Å². The quantitative estimate of drug-likeness (QED) is 0.767. The normalized spacial score (nSPS) is 20.4. The van der Waals surface area contributed by atoms with Crippen LogP contribution in [0.3, 0.4) is 0 Å². The molecule has 0 unspecified atom stereocenters. The van der Waals surface area contributed by atoms with Crippen molar-refractivity contribution in [3.8, 4) is 5.75 Å². The topological polar surface area (TPSA) is 89.9 Å². The number of hydrogen-bond donors (Lipinski definition) is 2. The number of carbonyl (C=O) groups is 1. The van der Waals surface area contributed by atoms with Crippen LogP contribution in [0, 0.1) is 5.82 Å². The second-order valence-corrected chi connectivity index (χ2v) is 6.71. The van der Waals surface area contributed by atoms with Crippen molar-refractivity contribution in [2.24, 2.45) is 0 Å². The molecule has 1 aromatic rings. The number of anilines is 2. The summed E-state index contributed by atoms with van der Waals surface area (Å²) in [5.74, 6) is -2.06. The summed E-state index contributed by atoms with van der Waals surface area (Å²) in [4.78, 5) is 13.1. The first-order chi connectivity index (χ1) is 9.81. The standard InChI is InChI=1S/C12H14FN3O4S/c1-15-4-2-3-7-8(15)5-9(17)12(11(7)13)16-6-10(18)14-21(16,19)20/h5,17H,2-4,6H2,1H3,(H,14,18). The average Bonchev–Trinajstić information content (AvgIpc) is 2.64. The summed E-state index contributed by atoms with van der Waals surface area (Å²) in [6.45, 7) is 0.189. The maximum Gasteiger partial charge on any atom is 0.326 e. The Morgan fingerprint density at radius 1 is 1.43 bits per heavy atom. The van der Waals surface area contributed by atoms with E-state index in [0.717, 1.165) is 13.0 Å². The summed E-state index contributed by atoms with van der Waals surface area (Å²) in [6.07, 6.45) is 1.18. The molecule has 0 aromatic heterocycles. The zero-order chi connectivity index (χ0) is 15.4. The fourth-order valence-electron chi connectivity index (χ4n) is 2.73. The smallest absolute Gasteiger partial charge is 0.326 e. The Kier molecular flexibility index (Phi) is 2.97. The molecule has 9 heteroatoms. The van der Waals surface area contributed by atoms with Gasteiger partial charge in [0.25, 0.3) is 5.91 Å². The molecule has 1 aromatic carbocycles. The van der Waals surface area contributed by atoms with E-state index in [0.29, 0.717) is 22.0 Å². The minimum atomic E-state index is -4.15. The fourth-order valence-corrected chi connectivity index (χ4v) is 3.89. The van der Waals surface area contributed by atoms with E-state index in [2.05, 4.69) is 0 Å². The van der Waals surface area contributed by atoms with Crippen LogP contribution in [0.1, 0.15) is 12.0 Å². The van der Waals surface area contributed by atoms with Crippen LogP contribution in [0.2, 0.25) is 0 Å². The highest BCUT2D eigenvalue weighted by Crippen LogP contribution is 2.41. The second kappa shape index (κ2) is 4.48. The number of halogens is 1. The van der Waals surface area contributed by atoms with E-state index in [1.54, 1.807) is 16.7 Å². The van der Waals surface area contributed by atoms with Crippen molar-refractivity contribution in [1.82, 2.24) is 4.72 Å². The number of carbonyl (C=O) groups excluding carboxylic acids is 1. The molecule has 1 fully saturated rings. The molecule has 0 atom stereocenters. The molecule has 1 saturated heterocycles. The summed E-state index contributed by atoms with van der Waals surface area (Å²) < 4.78 is 40.6. The Labute approximate surface area is 121 Å². The third kappa shape index (κ3) is 2.08. The van der Waals surface area contributed by atoms with Crippen molar-refractivity contribution in [3.05, 3.63) is 17.4 Å². The largest absolute Gasteiger partial charge is 0.506 e. The summed E-state index contributed by atoms with van der Waals surface area (Å²) in [6, 6.07) is 1.34. The van der Waals surface area contributed by atoms with Crippen molar-refractivity contribution >= 4 is 27.5 Å². The molecule has 0 radical (unpaired) electrons. The molecular weight excluding hydrogens is 301 g/mol. The highest BCUT2D eigenvalue weighted by molar-refractivity contribution is 7.92. The van der Waals surface area contributed by atoms with Gasteiger partial charge in [0.15, 0.2) is 5.82 Å². The van der Waals surface area contributed by atoms with Crippen molar-refractivity contribution in [3.63, 3.8) is 0 Å². The minimum Gasteiger partial charge on any atom is -0.506 e. The zero-order valence-corrected chi connectivity index (χ0v) is 12.1. The summed E-state index contributed by atoms with van der Waals surface area (Å²) in [5, 5.41) is 10.0. The van der Waals surface area contributed by atoms with E-state index in [1.807, 2.05) is 0 Å². The van der Waals surface area contributed by atoms with Gasteiger partial charge in [-0.15, -0.1) is 0 Å². The van der Waals surface area contributed by atoms with E-state index in [1.165, 1.54) is 6.07 Å². The summed E-state index contributed by atoms with van der Waals surface area (Å²) in [5.41, 5.74) is 0.421. The van der Waals surface area contributed by atoms with Crippen molar-refractivity contribution in [1.29, 1.82) is 0 Å². The van der Waals surface area contributed by atoms with Crippen LogP contribution in [-0.2, 0) is 21.4 Å². The first-order valence-corrected chi connectivity index (χ1v) is 7.84. The molecule has 2 aliphatic rings. The average molecular weight is 315 g/mol. The fraction of sp³-hybridized carbons (Fsp3) is 0.417. The molecule has 1 amide bonds. The van der Waals surface area contributed by atoms with E-state index >= 15 is 0 Å². The highest BCUT2D eigenvalue weighted by Gasteiger charge is 2.38. The number of benzene rings is 1. The third-order valence-corrected chi connectivity index (χ3v) is 5.08. The number of phenolic OH excluding ortho intramolecular Hbond substituents is 1. The molecule has 114 valence electrons. The Morgan fingerprint density at radius 3 is 2.76 bits per heavy atom. The lowest BCUT2D eigenvalue weighted by Gasteiger charge is -2.30. The summed E-state index contributed by atoms with van der Waals surface area (Å²) in [7, 11) is -2.38. The Balaban J connectivity index is 2.19. The number of amides is 1. The van der Waals surface area contributed by atoms with Crippen LogP contribution in [-0.4, -0.2) is 39.6 Å². The number of aromatic hydroxyl groups is 1. The Morgan fingerprint density at radius 2 is 2.14 bits per heavy atom. The molecule has 0 saturated carbocycles. The Hall–Kier alpha value is -2.03. The van der Waals surface area contributed by atoms with E-state index in [-0.39, 0.29) is 0 Å². The van der Waals surface area contributed by atoms with E-state index in [9.17, 15) is 22.7 Å². The SMILES string of the molecule is CN1CCCc2c1cc(O)c(N1CC(=O)NS1(=O)=O)c2F. The third-order valence-electron chi connectivity index (χ3n) is 3.70. The van der Waals surface area contributed by atoms with Crippen LogP contribution >= 0.6 is 0 Å². The van der Waals surface area contributed by atoms with Crippen LogP contribution < -0.4 is 13.9 Å². The lowest BCUT2D eigenvalue weighted by molar-refractivity contribution is -0.117. The second-order valence-electron chi connectivity index (χ2n) is 5.12. The van der Waals surface area contributed by atoms with Crippen LogP contribution in [0.25, 0.3) is 0 Å². The van der Waals surface area contributed by atoms with Crippen LogP contribution in [0.5, 0.6) is 5.75 Å². The van der Waals surface area contributed by atoms with Gasteiger partial charge in [-0.05, 0) is 12.8 Å². The van der Waals surface area contributed by atoms with E-state index in [4.69, 9.17) is 0 Å². The molecule has 3 rings (SSSR count). The van der Waals surface area contributed by atoms with Gasteiger partial charge in [-0.3, -0.25) is 4.79 Å². The van der Waals surface area contributed by atoms with E-state index < -0.39 is 39.9 Å². The zero-order valence-electron chi connectivity index (χ0n) is 11.3. The van der Waals surface area contributed by atoms with Gasteiger partial charge in [0.2, 0.25) is 0 Å².